The minimum Gasteiger partial charge on any atom is -0.352 e. The van der Waals surface area contributed by atoms with E-state index in [9.17, 15) is 9.59 Å². The van der Waals surface area contributed by atoms with Crippen LogP contribution >= 0.6 is 35.0 Å². The van der Waals surface area contributed by atoms with Crippen molar-refractivity contribution in [1.82, 2.24) is 10.2 Å². The second kappa shape index (κ2) is 13.6. The van der Waals surface area contributed by atoms with E-state index in [0.717, 1.165) is 22.4 Å². The summed E-state index contributed by atoms with van der Waals surface area (Å²) in [6.07, 6.45) is 1.23. The Labute approximate surface area is 222 Å². The van der Waals surface area contributed by atoms with Gasteiger partial charge in [-0.3, -0.25) is 9.59 Å². The fraction of sp³-hybridized carbons (Fsp3) is 0.286. The third kappa shape index (κ3) is 8.60. The van der Waals surface area contributed by atoms with E-state index in [1.54, 1.807) is 29.2 Å². The summed E-state index contributed by atoms with van der Waals surface area (Å²) in [5.74, 6) is -0.0564. The molecule has 0 aliphatic carbocycles. The van der Waals surface area contributed by atoms with Crippen LogP contribution in [0.4, 0.5) is 0 Å². The predicted molar refractivity (Wildman–Crippen MR) is 146 cm³/mol. The molecule has 0 aromatic heterocycles. The van der Waals surface area contributed by atoms with Gasteiger partial charge >= 0.3 is 0 Å². The summed E-state index contributed by atoms with van der Waals surface area (Å²) < 4.78 is 0. The maximum atomic E-state index is 13.6. The van der Waals surface area contributed by atoms with Crippen LogP contribution < -0.4 is 5.32 Å². The first-order valence-corrected chi connectivity index (χ1v) is 13.4. The summed E-state index contributed by atoms with van der Waals surface area (Å²) >= 11 is 13.5. The highest BCUT2D eigenvalue weighted by atomic mass is 35.5. The number of carbonyl (C=O) groups is 2. The molecule has 2 amide bonds. The molecule has 0 saturated carbocycles. The number of nitrogens with zero attached hydrogens (tertiary/aromatic N) is 1. The second-order valence-electron chi connectivity index (χ2n) is 8.41. The summed E-state index contributed by atoms with van der Waals surface area (Å²) in [5.41, 5.74) is 1.91. The zero-order valence-corrected chi connectivity index (χ0v) is 22.2. The van der Waals surface area contributed by atoms with Crippen molar-refractivity contribution in [1.29, 1.82) is 0 Å². The Kier molecular flexibility index (Phi) is 10.5. The molecule has 0 heterocycles. The van der Waals surface area contributed by atoms with Gasteiger partial charge in [-0.25, -0.2) is 0 Å². The molecule has 0 aliphatic heterocycles. The van der Waals surface area contributed by atoms with Gasteiger partial charge in [0.05, 0.1) is 5.75 Å². The maximum absolute atomic E-state index is 13.6. The molecule has 3 aromatic carbocycles. The summed E-state index contributed by atoms with van der Waals surface area (Å²) in [6, 6.07) is 23.9. The van der Waals surface area contributed by atoms with Crippen LogP contribution in [-0.2, 0) is 22.6 Å². The number of rotatable bonds is 11. The van der Waals surface area contributed by atoms with Crippen molar-refractivity contribution in [3.8, 4) is 0 Å². The molecule has 7 heteroatoms. The number of amides is 2. The van der Waals surface area contributed by atoms with Crippen molar-refractivity contribution in [2.45, 2.75) is 50.2 Å². The van der Waals surface area contributed by atoms with Crippen molar-refractivity contribution in [2.24, 2.45) is 0 Å². The Balaban J connectivity index is 1.89. The number of hydrogen-bond acceptors (Lipinski definition) is 3. The lowest BCUT2D eigenvalue weighted by Gasteiger charge is -2.32. The maximum Gasteiger partial charge on any atom is 0.243 e. The van der Waals surface area contributed by atoms with Crippen LogP contribution in [0.3, 0.4) is 0 Å². The smallest absolute Gasteiger partial charge is 0.243 e. The molecule has 0 aliphatic rings. The van der Waals surface area contributed by atoms with Crippen molar-refractivity contribution in [3.63, 3.8) is 0 Å². The van der Waals surface area contributed by atoms with Gasteiger partial charge < -0.3 is 10.2 Å². The third-order valence-electron chi connectivity index (χ3n) is 5.71. The third-order valence-corrected chi connectivity index (χ3v) is 7.21. The topological polar surface area (TPSA) is 49.4 Å². The zero-order valence-electron chi connectivity index (χ0n) is 19.9. The summed E-state index contributed by atoms with van der Waals surface area (Å²) in [6.45, 7) is 4.30. The van der Waals surface area contributed by atoms with E-state index >= 15 is 0 Å². The van der Waals surface area contributed by atoms with Crippen LogP contribution in [0.2, 0.25) is 10.0 Å². The summed E-state index contributed by atoms with van der Waals surface area (Å²) in [7, 11) is 0. The SMILES string of the molecule is CCC(C)NC(=O)C(Cc1ccccc1)N(Cc1ccc(Cl)cc1)C(=O)CSc1ccc(Cl)cc1. The van der Waals surface area contributed by atoms with Crippen LogP contribution in [0.1, 0.15) is 31.4 Å². The first-order chi connectivity index (χ1) is 16.9. The molecule has 1 N–H and O–H groups in total. The van der Waals surface area contributed by atoms with Crippen LogP contribution in [0.15, 0.2) is 83.8 Å². The summed E-state index contributed by atoms with van der Waals surface area (Å²) in [4.78, 5) is 29.7. The molecule has 0 saturated heterocycles. The number of benzene rings is 3. The minimum atomic E-state index is -0.652. The number of thioether (sulfide) groups is 1. The average molecular weight is 530 g/mol. The van der Waals surface area contributed by atoms with Crippen molar-refractivity contribution >= 4 is 46.8 Å². The van der Waals surface area contributed by atoms with Crippen molar-refractivity contribution < 1.29 is 9.59 Å². The summed E-state index contributed by atoms with van der Waals surface area (Å²) in [5, 5.41) is 4.36. The van der Waals surface area contributed by atoms with Gasteiger partial charge in [0.1, 0.15) is 6.04 Å². The molecule has 0 spiro atoms. The Hall–Kier alpha value is -2.47. The van der Waals surface area contributed by atoms with E-state index in [0.29, 0.717) is 23.0 Å². The standard InChI is InChI=1S/C28H30Cl2N2O2S/c1-3-20(2)31-28(34)26(17-21-7-5-4-6-8-21)32(18-22-9-11-23(29)12-10-22)27(33)19-35-25-15-13-24(30)14-16-25/h4-16,20,26H,3,17-19H2,1-2H3,(H,31,34). The Bertz CT molecular complexity index is 1090. The molecule has 35 heavy (non-hydrogen) atoms. The molecule has 184 valence electrons. The van der Waals surface area contributed by atoms with Crippen LogP contribution in [0.5, 0.6) is 0 Å². The largest absolute Gasteiger partial charge is 0.352 e. The van der Waals surface area contributed by atoms with Crippen LogP contribution in [0.25, 0.3) is 0 Å². The fourth-order valence-electron chi connectivity index (χ4n) is 3.54. The molecule has 0 radical (unpaired) electrons. The molecule has 3 aromatic rings. The van der Waals surface area contributed by atoms with Gasteiger partial charge in [0.25, 0.3) is 0 Å². The molecule has 4 nitrogen and oxygen atoms in total. The van der Waals surface area contributed by atoms with Crippen LogP contribution in [-0.4, -0.2) is 34.6 Å². The molecule has 2 atom stereocenters. The number of hydrogen-bond donors (Lipinski definition) is 1. The molecule has 2 unspecified atom stereocenters. The number of nitrogens with one attached hydrogen (secondary N) is 1. The highest BCUT2D eigenvalue weighted by Crippen LogP contribution is 2.23. The quantitative estimate of drug-likeness (QED) is 0.283. The molecular weight excluding hydrogens is 499 g/mol. The lowest BCUT2D eigenvalue weighted by Crippen LogP contribution is -2.52. The fourth-order valence-corrected chi connectivity index (χ4v) is 4.58. The first-order valence-electron chi connectivity index (χ1n) is 11.6. The monoisotopic (exact) mass is 528 g/mol. The molecule has 3 rings (SSSR count). The minimum absolute atomic E-state index is 0.0108. The highest BCUT2D eigenvalue weighted by molar-refractivity contribution is 8.00. The van der Waals surface area contributed by atoms with Gasteiger partial charge in [-0.05, 0) is 60.9 Å². The normalized spacial score (nSPS) is 12.6. The Morgan fingerprint density at radius 2 is 1.49 bits per heavy atom. The van der Waals surface area contributed by atoms with E-state index < -0.39 is 6.04 Å². The van der Waals surface area contributed by atoms with Gasteiger partial charge in [-0.1, -0.05) is 72.6 Å². The van der Waals surface area contributed by atoms with Gasteiger partial charge in [-0.15, -0.1) is 11.8 Å². The van der Waals surface area contributed by atoms with Crippen molar-refractivity contribution in [3.05, 3.63) is 100 Å². The lowest BCUT2D eigenvalue weighted by atomic mass is 10.0. The molecular formula is C28H30Cl2N2O2S. The highest BCUT2D eigenvalue weighted by Gasteiger charge is 2.31. The van der Waals surface area contributed by atoms with E-state index in [1.165, 1.54) is 11.8 Å². The molecule has 0 fully saturated rings. The van der Waals surface area contributed by atoms with E-state index in [1.807, 2.05) is 68.4 Å². The van der Waals surface area contributed by atoms with E-state index in [4.69, 9.17) is 23.2 Å². The van der Waals surface area contributed by atoms with E-state index in [-0.39, 0.29) is 23.6 Å². The van der Waals surface area contributed by atoms with Gasteiger partial charge in [0, 0.05) is 33.9 Å². The van der Waals surface area contributed by atoms with Gasteiger partial charge in [0.15, 0.2) is 0 Å². The second-order valence-corrected chi connectivity index (χ2v) is 10.3. The predicted octanol–water partition coefficient (Wildman–Crippen LogP) is 6.64. The lowest BCUT2D eigenvalue weighted by molar-refractivity contribution is -0.139. The molecule has 0 bridgehead atoms. The zero-order chi connectivity index (χ0) is 25.2. The Morgan fingerprint density at radius 1 is 0.886 bits per heavy atom. The number of carbonyl (C=O) groups excluding carboxylic acids is 2. The number of halogens is 2. The first kappa shape index (κ1) is 27.1. The Morgan fingerprint density at radius 3 is 2.09 bits per heavy atom. The van der Waals surface area contributed by atoms with E-state index in [2.05, 4.69) is 5.32 Å². The average Bonchev–Trinajstić information content (AvgIpc) is 2.87. The van der Waals surface area contributed by atoms with Gasteiger partial charge in [-0.2, -0.15) is 0 Å². The van der Waals surface area contributed by atoms with Gasteiger partial charge in [0.2, 0.25) is 11.8 Å². The van der Waals surface area contributed by atoms with Crippen LogP contribution in [0, 0.1) is 0 Å². The van der Waals surface area contributed by atoms with Crippen molar-refractivity contribution in [2.75, 3.05) is 5.75 Å².